The number of nitrogens with one attached hydrogen (secondary N) is 1. The molecule has 2 fully saturated rings. The number of nitrogens with zero attached hydrogens (tertiary/aromatic N) is 5. The molecular weight excluding hydrogens is 375 g/mol. The molecule has 0 amide bonds. The molecule has 8 nitrogen and oxygen atoms in total. The number of phenolic OH excluding ortho intramolecular Hbond substituents is 1. The van der Waals surface area contributed by atoms with Crippen LogP contribution in [-0.2, 0) is 0 Å². The predicted molar refractivity (Wildman–Crippen MR) is 104 cm³/mol. The summed E-state index contributed by atoms with van der Waals surface area (Å²) in [4.78, 5) is 10.8. The lowest BCUT2D eigenvalue weighted by atomic mass is 9.96. The van der Waals surface area contributed by atoms with Crippen molar-refractivity contribution < 1.29 is 13.9 Å². The summed E-state index contributed by atoms with van der Waals surface area (Å²) in [6.07, 6.45) is 6.19. The highest BCUT2D eigenvalue weighted by Gasteiger charge is 2.43. The van der Waals surface area contributed by atoms with Gasteiger partial charge in [0, 0.05) is 30.3 Å². The van der Waals surface area contributed by atoms with Crippen LogP contribution in [-0.4, -0.2) is 56.6 Å². The summed E-state index contributed by atoms with van der Waals surface area (Å²) >= 11 is 0. The molecule has 4 heterocycles. The first-order valence-electron chi connectivity index (χ1n) is 9.65. The van der Waals surface area contributed by atoms with Gasteiger partial charge in [-0.05, 0) is 37.5 Å². The Hall–Kier alpha value is -3.07. The van der Waals surface area contributed by atoms with E-state index < -0.39 is 6.17 Å². The van der Waals surface area contributed by atoms with Gasteiger partial charge in [-0.15, -0.1) is 10.2 Å². The molecule has 2 N–H and O–H groups in total. The van der Waals surface area contributed by atoms with E-state index in [4.69, 9.17) is 4.42 Å². The van der Waals surface area contributed by atoms with Crippen molar-refractivity contribution in [3.8, 4) is 28.5 Å². The van der Waals surface area contributed by atoms with Crippen LogP contribution in [0.1, 0.15) is 19.3 Å². The summed E-state index contributed by atoms with van der Waals surface area (Å²) in [5.41, 5.74) is 1.68. The molecule has 4 atom stereocenters. The molecule has 3 aromatic rings. The summed E-state index contributed by atoms with van der Waals surface area (Å²) in [6.45, 7) is 0. The second kappa shape index (κ2) is 7.07. The van der Waals surface area contributed by atoms with E-state index in [1.165, 1.54) is 6.39 Å². The van der Waals surface area contributed by atoms with Crippen LogP contribution in [0.4, 0.5) is 10.2 Å². The number of aromatic hydroxyl groups is 1. The summed E-state index contributed by atoms with van der Waals surface area (Å²) in [7, 11) is 1.86. The monoisotopic (exact) mass is 396 g/mol. The normalized spacial score (nSPS) is 25.9. The van der Waals surface area contributed by atoms with Crippen molar-refractivity contribution in [3.63, 3.8) is 0 Å². The number of phenols is 1. The zero-order valence-electron chi connectivity index (χ0n) is 15.9. The van der Waals surface area contributed by atoms with Crippen LogP contribution in [0.15, 0.2) is 41.4 Å². The van der Waals surface area contributed by atoms with Crippen LogP contribution in [0.25, 0.3) is 22.7 Å². The number of hydrogen-bond donors (Lipinski definition) is 2. The molecule has 9 heteroatoms. The standard InChI is InChI=1S/C20H21FN6O2/c1-27(16-7-12-3-5-14(25-12)19(16)21)18-9-22-15(8-23-18)13-4-2-11(6-17(13)28)20-26-24-10-29-20/h2,4,6,8-10,12,14,16,19,25,28H,3,5,7H2,1H3/t12?,14?,16-,19+/m1/s1. The molecule has 2 aliphatic rings. The average molecular weight is 396 g/mol. The Morgan fingerprint density at radius 2 is 2.14 bits per heavy atom. The highest BCUT2D eigenvalue weighted by Crippen LogP contribution is 2.34. The van der Waals surface area contributed by atoms with E-state index in [9.17, 15) is 9.50 Å². The fourth-order valence-corrected chi connectivity index (χ4v) is 4.34. The van der Waals surface area contributed by atoms with Gasteiger partial charge >= 0.3 is 0 Å². The van der Waals surface area contributed by atoms with Gasteiger partial charge in [0.2, 0.25) is 12.3 Å². The SMILES string of the molecule is CN(c1cnc(-c2ccc(-c3nnco3)cc2O)cn1)[C@@H]1CC2CCC(N2)[C@@H]1F. The second-order valence-electron chi connectivity index (χ2n) is 7.64. The first-order valence-corrected chi connectivity index (χ1v) is 9.65. The van der Waals surface area contributed by atoms with Crippen molar-refractivity contribution in [2.24, 2.45) is 0 Å². The van der Waals surface area contributed by atoms with Crippen LogP contribution in [0.3, 0.4) is 0 Å². The zero-order valence-corrected chi connectivity index (χ0v) is 15.9. The van der Waals surface area contributed by atoms with Crippen LogP contribution < -0.4 is 10.2 Å². The van der Waals surface area contributed by atoms with E-state index in [1.807, 2.05) is 11.9 Å². The Morgan fingerprint density at radius 3 is 2.86 bits per heavy atom. The van der Waals surface area contributed by atoms with Crippen molar-refractivity contribution in [3.05, 3.63) is 37.0 Å². The number of hydrogen-bond acceptors (Lipinski definition) is 8. The summed E-state index contributed by atoms with van der Waals surface area (Å²) in [5.74, 6) is 0.978. The molecule has 1 aromatic carbocycles. The predicted octanol–water partition coefficient (Wildman–Crippen LogP) is 2.57. The highest BCUT2D eigenvalue weighted by molar-refractivity contribution is 5.71. The molecule has 150 valence electrons. The van der Waals surface area contributed by atoms with Gasteiger partial charge in [0.25, 0.3) is 0 Å². The Labute approximate surface area is 166 Å². The first kappa shape index (κ1) is 18.0. The maximum Gasteiger partial charge on any atom is 0.247 e. The molecule has 0 radical (unpaired) electrons. The molecule has 2 bridgehead atoms. The zero-order chi connectivity index (χ0) is 20.0. The molecule has 0 spiro atoms. The van der Waals surface area contributed by atoms with Crippen LogP contribution >= 0.6 is 0 Å². The van der Waals surface area contributed by atoms with Crippen molar-refractivity contribution in [2.75, 3.05) is 11.9 Å². The van der Waals surface area contributed by atoms with E-state index in [-0.39, 0.29) is 17.8 Å². The van der Waals surface area contributed by atoms with E-state index in [1.54, 1.807) is 30.6 Å². The molecule has 2 aliphatic heterocycles. The van der Waals surface area contributed by atoms with Crippen molar-refractivity contribution in [1.82, 2.24) is 25.5 Å². The van der Waals surface area contributed by atoms with Gasteiger partial charge in [0.1, 0.15) is 17.7 Å². The number of halogens is 1. The molecule has 29 heavy (non-hydrogen) atoms. The maximum absolute atomic E-state index is 14.8. The molecule has 2 saturated heterocycles. The minimum Gasteiger partial charge on any atom is -0.507 e. The Kier molecular flexibility index (Phi) is 4.39. The third-order valence-electron chi connectivity index (χ3n) is 5.93. The minimum absolute atomic E-state index is 0.0369. The fourth-order valence-electron chi connectivity index (χ4n) is 4.34. The molecule has 0 saturated carbocycles. The molecule has 2 aromatic heterocycles. The first-order chi connectivity index (χ1) is 14.1. The number of piperidine rings is 1. The lowest BCUT2D eigenvalue weighted by Crippen LogP contribution is -2.55. The number of alkyl halides is 1. The molecule has 0 aliphatic carbocycles. The van der Waals surface area contributed by atoms with E-state index >= 15 is 0 Å². The van der Waals surface area contributed by atoms with Gasteiger partial charge in [-0.2, -0.15) is 0 Å². The van der Waals surface area contributed by atoms with Crippen LogP contribution in [0, 0.1) is 0 Å². The third kappa shape index (κ3) is 3.21. The van der Waals surface area contributed by atoms with Gasteiger partial charge in [0.05, 0.1) is 24.1 Å². The van der Waals surface area contributed by atoms with Crippen molar-refractivity contribution in [1.29, 1.82) is 0 Å². The van der Waals surface area contributed by atoms with Crippen molar-refractivity contribution >= 4 is 5.82 Å². The Balaban J connectivity index is 1.36. The quantitative estimate of drug-likeness (QED) is 0.694. The summed E-state index contributed by atoms with van der Waals surface area (Å²) in [6, 6.07) is 5.13. The summed E-state index contributed by atoms with van der Waals surface area (Å²) in [5, 5.41) is 21.2. The van der Waals surface area contributed by atoms with Gasteiger partial charge < -0.3 is 19.7 Å². The number of rotatable bonds is 4. The Morgan fingerprint density at radius 1 is 1.24 bits per heavy atom. The van der Waals surface area contributed by atoms with E-state index in [0.29, 0.717) is 34.6 Å². The van der Waals surface area contributed by atoms with Crippen LogP contribution in [0.2, 0.25) is 0 Å². The third-order valence-corrected chi connectivity index (χ3v) is 5.93. The van der Waals surface area contributed by atoms with E-state index in [0.717, 1.165) is 19.3 Å². The number of benzene rings is 1. The van der Waals surface area contributed by atoms with Gasteiger partial charge in [-0.3, -0.25) is 4.98 Å². The Bertz CT molecular complexity index is 997. The molecule has 5 rings (SSSR count). The van der Waals surface area contributed by atoms with Crippen LogP contribution in [0.5, 0.6) is 5.75 Å². The molecule has 2 unspecified atom stereocenters. The number of aromatic nitrogens is 4. The lowest BCUT2D eigenvalue weighted by molar-refractivity contribution is 0.176. The lowest BCUT2D eigenvalue weighted by Gasteiger charge is -2.38. The van der Waals surface area contributed by atoms with Gasteiger partial charge in [-0.1, -0.05) is 0 Å². The maximum atomic E-state index is 14.8. The second-order valence-corrected chi connectivity index (χ2v) is 7.64. The number of fused-ring (bicyclic) bond motifs is 2. The number of anilines is 1. The van der Waals surface area contributed by atoms with E-state index in [2.05, 4.69) is 25.5 Å². The smallest absolute Gasteiger partial charge is 0.247 e. The largest absolute Gasteiger partial charge is 0.507 e. The highest BCUT2D eigenvalue weighted by atomic mass is 19.1. The fraction of sp³-hybridized carbons (Fsp3) is 0.400. The van der Waals surface area contributed by atoms with Gasteiger partial charge in [-0.25, -0.2) is 9.37 Å². The topological polar surface area (TPSA) is 100 Å². The van der Waals surface area contributed by atoms with Gasteiger partial charge in [0.15, 0.2) is 0 Å². The average Bonchev–Trinajstić information content (AvgIpc) is 3.41. The molecular formula is C20H21FN6O2. The minimum atomic E-state index is -0.929. The van der Waals surface area contributed by atoms with Crippen molar-refractivity contribution in [2.45, 2.75) is 43.6 Å². The summed E-state index contributed by atoms with van der Waals surface area (Å²) < 4.78 is 20.0.